The number of piperidine rings is 1. The zero-order valence-electron chi connectivity index (χ0n) is 19.6. The number of amides is 1. The second-order valence-corrected chi connectivity index (χ2v) is 16.1. The van der Waals surface area contributed by atoms with Gasteiger partial charge in [0.05, 0.1) is 5.41 Å². The van der Waals surface area contributed by atoms with Crippen LogP contribution in [0, 0.1) is 5.92 Å². The summed E-state index contributed by atoms with van der Waals surface area (Å²) >= 11 is 0. The Bertz CT molecular complexity index is 785. The molecule has 0 aromatic heterocycles. The van der Waals surface area contributed by atoms with Crippen molar-refractivity contribution < 1.29 is 9.22 Å². The highest BCUT2D eigenvalue weighted by atomic mass is 28.4. The standard InChI is InChI=1S/C25H40N2O2Si/c1-24(2,3)30(4,5)29-18-19-11-15-27(16-12-19)20-9-10-22-21(17-20)25(23(28)26-22)13-7-6-8-14-25/h9-10,17,19H,6-8,11-16,18H2,1-5H3,(H,26,28). The maximum Gasteiger partial charge on any atom is 0.235 e. The molecule has 1 aromatic carbocycles. The highest BCUT2D eigenvalue weighted by Crippen LogP contribution is 2.48. The lowest BCUT2D eigenvalue weighted by atomic mass is 9.70. The quantitative estimate of drug-likeness (QED) is 0.591. The van der Waals surface area contributed by atoms with E-state index in [1.165, 1.54) is 30.5 Å². The number of fused-ring (bicyclic) bond motifs is 2. The Hall–Kier alpha value is -1.33. The molecule has 1 aromatic rings. The summed E-state index contributed by atoms with van der Waals surface area (Å²) in [5, 5.41) is 3.44. The summed E-state index contributed by atoms with van der Waals surface area (Å²) in [4.78, 5) is 15.3. The molecule has 1 spiro atoms. The third kappa shape index (κ3) is 3.95. The van der Waals surface area contributed by atoms with E-state index in [1.807, 2.05) is 0 Å². The Morgan fingerprint density at radius 2 is 1.80 bits per heavy atom. The lowest BCUT2D eigenvalue weighted by molar-refractivity contribution is -0.121. The van der Waals surface area contributed by atoms with Crippen LogP contribution < -0.4 is 10.2 Å². The monoisotopic (exact) mass is 428 g/mol. The number of nitrogens with zero attached hydrogens (tertiary/aromatic N) is 1. The van der Waals surface area contributed by atoms with Gasteiger partial charge >= 0.3 is 0 Å². The first-order valence-electron chi connectivity index (χ1n) is 12.0. The smallest absolute Gasteiger partial charge is 0.235 e. The van der Waals surface area contributed by atoms with E-state index in [9.17, 15) is 4.79 Å². The van der Waals surface area contributed by atoms with Gasteiger partial charge in [-0.05, 0) is 73.5 Å². The molecule has 2 fully saturated rings. The lowest BCUT2D eigenvalue weighted by Gasteiger charge is -2.39. The average molecular weight is 429 g/mol. The summed E-state index contributed by atoms with van der Waals surface area (Å²) in [6.45, 7) is 14.7. The number of carbonyl (C=O) groups is 1. The van der Waals surface area contributed by atoms with Crippen molar-refractivity contribution in [3.8, 4) is 0 Å². The highest BCUT2D eigenvalue weighted by Gasteiger charge is 2.47. The van der Waals surface area contributed by atoms with Gasteiger partial charge in [0.1, 0.15) is 0 Å². The van der Waals surface area contributed by atoms with E-state index in [1.54, 1.807) is 0 Å². The predicted molar refractivity (Wildman–Crippen MR) is 128 cm³/mol. The minimum Gasteiger partial charge on any atom is -0.417 e. The molecule has 0 bridgehead atoms. The number of rotatable bonds is 4. The minimum absolute atomic E-state index is 0.232. The van der Waals surface area contributed by atoms with Crippen LogP contribution in [0.1, 0.15) is 71.3 Å². The Kier molecular flexibility index (Phi) is 5.82. The van der Waals surface area contributed by atoms with Crippen LogP contribution >= 0.6 is 0 Å². The molecule has 1 saturated carbocycles. The van der Waals surface area contributed by atoms with Crippen LogP contribution in [0.3, 0.4) is 0 Å². The normalized spacial score (nSPS) is 22.3. The van der Waals surface area contributed by atoms with Gasteiger partial charge < -0.3 is 14.6 Å². The molecule has 1 saturated heterocycles. The molecule has 3 aliphatic rings. The molecule has 166 valence electrons. The van der Waals surface area contributed by atoms with Gasteiger partial charge in [-0.25, -0.2) is 0 Å². The Balaban J connectivity index is 1.40. The van der Waals surface area contributed by atoms with E-state index >= 15 is 0 Å². The molecule has 0 unspecified atom stereocenters. The molecule has 2 heterocycles. The van der Waals surface area contributed by atoms with Gasteiger partial charge in [-0.3, -0.25) is 4.79 Å². The SMILES string of the molecule is CC(C)(C)[Si](C)(C)OCC1CCN(c2ccc3c(c2)C2(CCCCC2)C(=O)N3)CC1. The topological polar surface area (TPSA) is 41.6 Å². The summed E-state index contributed by atoms with van der Waals surface area (Å²) in [5.74, 6) is 0.897. The summed E-state index contributed by atoms with van der Waals surface area (Å²) in [6, 6.07) is 6.66. The van der Waals surface area contributed by atoms with Crippen LogP contribution in [-0.4, -0.2) is 33.9 Å². The Morgan fingerprint density at radius 1 is 1.13 bits per heavy atom. The van der Waals surface area contributed by atoms with E-state index < -0.39 is 8.32 Å². The average Bonchev–Trinajstić information content (AvgIpc) is 2.97. The van der Waals surface area contributed by atoms with Crippen LogP contribution in [-0.2, 0) is 14.6 Å². The molecule has 30 heavy (non-hydrogen) atoms. The first-order chi connectivity index (χ1) is 14.1. The first-order valence-corrected chi connectivity index (χ1v) is 14.9. The van der Waals surface area contributed by atoms with Crippen LogP contribution in [0.2, 0.25) is 18.1 Å². The number of nitrogens with one attached hydrogen (secondary N) is 1. The van der Waals surface area contributed by atoms with Gasteiger partial charge in [0.25, 0.3) is 0 Å². The second-order valence-electron chi connectivity index (χ2n) is 11.3. The first kappa shape index (κ1) is 21.9. The van der Waals surface area contributed by atoms with Crippen molar-refractivity contribution in [2.24, 2.45) is 5.92 Å². The number of hydrogen-bond donors (Lipinski definition) is 1. The molecule has 0 radical (unpaired) electrons. The number of benzene rings is 1. The molecule has 2 aliphatic heterocycles. The molecule has 4 rings (SSSR count). The molecule has 1 amide bonds. The van der Waals surface area contributed by atoms with E-state index in [-0.39, 0.29) is 16.4 Å². The van der Waals surface area contributed by atoms with Gasteiger partial charge in [0, 0.05) is 31.1 Å². The van der Waals surface area contributed by atoms with Gasteiger partial charge in [-0.1, -0.05) is 40.0 Å². The van der Waals surface area contributed by atoms with E-state index in [4.69, 9.17) is 4.43 Å². The van der Waals surface area contributed by atoms with Gasteiger partial charge in [0.2, 0.25) is 5.91 Å². The predicted octanol–water partition coefficient (Wildman–Crippen LogP) is 6.08. The minimum atomic E-state index is -1.66. The Labute approximate surface area is 183 Å². The third-order valence-electron chi connectivity index (χ3n) is 8.37. The number of anilines is 2. The van der Waals surface area contributed by atoms with Crippen LogP contribution in [0.5, 0.6) is 0 Å². The number of carbonyl (C=O) groups excluding carboxylic acids is 1. The second kappa shape index (κ2) is 7.98. The summed E-state index contributed by atoms with van der Waals surface area (Å²) in [7, 11) is -1.66. The van der Waals surface area contributed by atoms with Crippen molar-refractivity contribution in [1.82, 2.24) is 0 Å². The van der Waals surface area contributed by atoms with Crippen molar-refractivity contribution in [2.75, 3.05) is 29.9 Å². The van der Waals surface area contributed by atoms with Crippen molar-refractivity contribution in [1.29, 1.82) is 0 Å². The zero-order valence-corrected chi connectivity index (χ0v) is 20.6. The van der Waals surface area contributed by atoms with E-state index in [0.717, 1.165) is 51.1 Å². The van der Waals surface area contributed by atoms with Crippen molar-refractivity contribution in [3.63, 3.8) is 0 Å². The maximum atomic E-state index is 12.8. The molecule has 1 aliphatic carbocycles. The molecule has 1 N–H and O–H groups in total. The molecular formula is C25H40N2O2Si. The molecule has 4 nitrogen and oxygen atoms in total. The maximum absolute atomic E-state index is 12.8. The van der Waals surface area contributed by atoms with E-state index in [2.05, 4.69) is 62.3 Å². The number of hydrogen-bond acceptors (Lipinski definition) is 3. The molecule has 0 atom stereocenters. The Morgan fingerprint density at radius 3 is 2.43 bits per heavy atom. The fraction of sp³-hybridized carbons (Fsp3) is 0.720. The van der Waals surface area contributed by atoms with Crippen LogP contribution in [0.4, 0.5) is 11.4 Å². The summed E-state index contributed by atoms with van der Waals surface area (Å²) < 4.78 is 6.50. The van der Waals surface area contributed by atoms with Crippen molar-refractivity contribution in [3.05, 3.63) is 23.8 Å². The van der Waals surface area contributed by atoms with Crippen LogP contribution in [0.25, 0.3) is 0 Å². The molecule has 5 heteroatoms. The summed E-state index contributed by atoms with van der Waals surface area (Å²) in [5.41, 5.74) is 3.33. The fourth-order valence-corrected chi connectivity index (χ4v) is 6.24. The van der Waals surface area contributed by atoms with Gasteiger partial charge in [-0.15, -0.1) is 0 Å². The van der Waals surface area contributed by atoms with Crippen molar-refractivity contribution >= 4 is 25.6 Å². The third-order valence-corrected chi connectivity index (χ3v) is 12.9. The highest BCUT2D eigenvalue weighted by molar-refractivity contribution is 6.74. The fourth-order valence-electron chi connectivity index (χ4n) is 5.15. The van der Waals surface area contributed by atoms with E-state index in [0.29, 0.717) is 5.92 Å². The van der Waals surface area contributed by atoms with Gasteiger partial charge in [-0.2, -0.15) is 0 Å². The van der Waals surface area contributed by atoms with Gasteiger partial charge in [0.15, 0.2) is 8.32 Å². The zero-order chi connectivity index (χ0) is 21.6. The summed E-state index contributed by atoms with van der Waals surface area (Å²) in [6.07, 6.45) is 7.97. The van der Waals surface area contributed by atoms with Crippen LogP contribution in [0.15, 0.2) is 18.2 Å². The largest absolute Gasteiger partial charge is 0.417 e. The lowest BCUT2D eigenvalue weighted by Crippen LogP contribution is -2.43. The molecular weight excluding hydrogens is 388 g/mol. The van der Waals surface area contributed by atoms with Crippen molar-refractivity contribution in [2.45, 2.75) is 89.3 Å².